The summed E-state index contributed by atoms with van der Waals surface area (Å²) in [6.45, 7) is 7.03. The molecule has 0 fully saturated rings. The molecule has 0 bridgehead atoms. The zero-order valence-corrected chi connectivity index (χ0v) is 16.9. The molecule has 0 aliphatic heterocycles. The zero-order valence-electron chi connectivity index (χ0n) is 15.3. The average Bonchev–Trinajstić information content (AvgIpc) is 2.61. The molecule has 1 N–H and O–H groups in total. The van der Waals surface area contributed by atoms with Crippen LogP contribution in [0.4, 0.5) is 0 Å². The van der Waals surface area contributed by atoms with Crippen molar-refractivity contribution in [3.8, 4) is 0 Å². The fraction of sp³-hybridized carbons (Fsp3) is 0.474. The summed E-state index contributed by atoms with van der Waals surface area (Å²) in [6.07, 6.45) is 5.12. The van der Waals surface area contributed by atoms with E-state index in [1.165, 1.54) is 18.2 Å². The van der Waals surface area contributed by atoms with Crippen LogP contribution >= 0.6 is 24.0 Å². The Kier molecular flexibility index (Phi) is 21.1. The van der Waals surface area contributed by atoms with Crippen LogP contribution in [-0.4, -0.2) is 35.0 Å². The Bertz CT molecular complexity index is 459. The first-order valence-electron chi connectivity index (χ1n) is 8.40. The second-order valence-electron chi connectivity index (χ2n) is 4.92. The number of nitrogens with one attached hydrogen (secondary N) is 1. The maximum absolute atomic E-state index is 10.9. The van der Waals surface area contributed by atoms with Crippen molar-refractivity contribution in [3.05, 3.63) is 35.9 Å². The minimum atomic E-state index is -0.103. The van der Waals surface area contributed by atoms with E-state index in [0.29, 0.717) is 17.2 Å². The number of hydrogen-bond donors (Lipinski definition) is 1. The Morgan fingerprint density at radius 3 is 2.00 bits per heavy atom. The maximum atomic E-state index is 10.9. The van der Waals surface area contributed by atoms with Gasteiger partial charge in [0.1, 0.15) is 23.2 Å². The van der Waals surface area contributed by atoms with Crippen molar-refractivity contribution < 1.29 is 14.4 Å². The number of unbranched alkanes of at least 4 members (excludes halogenated alkanes) is 1. The van der Waals surface area contributed by atoms with Crippen LogP contribution in [0.3, 0.4) is 0 Å². The summed E-state index contributed by atoms with van der Waals surface area (Å²) in [5, 5.41) is 2.93. The number of benzene rings is 1. The van der Waals surface area contributed by atoms with E-state index in [9.17, 15) is 14.4 Å². The molecule has 0 spiro atoms. The molecule has 0 aliphatic carbocycles. The van der Waals surface area contributed by atoms with Gasteiger partial charge in [0, 0.05) is 19.4 Å². The predicted octanol–water partition coefficient (Wildman–Crippen LogP) is 4.00. The van der Waals surface area contributed by atoms with E-state index in [1.807, 2.05) is 37.3 Å². The van der Waals surface area contributed by atoms with Gasteiger partial charge in [-0.2, -0.15) is 0 Å². The van der Waals surface area contributed by atoms with Crippen molar-refractivity contribution in [1.29, 1.82) is 0 Å². The first-order chi connectivity index (χ1) is 12.1. The number of thioether (sulfide) groups is 1. The Morgan fingerprint density at radius 1 is 1.08 bits per heavy atom. The quantitative estimate of drug-likeness (QED) is 0.416. The third-order valence-corrected chi connectivity index (χ3v) is 3.79. The highest BCUT2D eigenvalue weighted by Crippen LogP contribution is 2.15. The summed E-state index contributed by atoms with van der Waals surface area (Å²) in [6, 6.07) is 9.96. The van der Waals surface area contributed by atoms with Gasteiger partial charge in [0.2, 0.25) is 0 Å². The van der Waals surface area contributed by atoms with Gasteiger partial charge in [-0.05, 0) is 18.9 Å². The fourth-order valence-electron chi connectivity index (χ4n) is 1.42. The van der Waals surface area contributed by atoms with Crippen molar-refractivity contribution in [3.63, 3.8) is 0 Å². The lowest BCUT2D eigenvalue weighted by atomic mass is 10.1. The molecule has 0 radical (unpaired) electrons. The predicted molar refractivity (Wildman–Crippen MR) is 111 cm³/mol. The molecular formula is C19H29NO3S2. The smallest absolute Gasteiger partial charge is 0.134 e. The fourth-order valence-corrected chi connectivity index (χ4v) is 2.77. The van der Waals surface area contributed by atoms with Crippen molar-refractivity contribution in [2.75, 3.05) is 6.54 Å². The van der Waals surface area contributed by atoms with Crippen LogP contribution < -0.4 is 5.32 Å². The SMILES string of the molecule is CCC.CCNC(=S)SC(C=O)Cc1ccccc1.O=CCCC=O. The van der Waals surface area contributed by atoms with Crippen LogP contribution in [0.1, 0.15) is 45.6 Å². The van der Waals surface area contributed by atoms with E-state index >= 15 is 0 Å². The molecule has 1 unspecified atom stereocenters. The van der Waals surface area contributed by atoms with Crippen molar-refractivity contribution in [2.45, 2.75) is 51.7 Å². The third-order valence-electron chi connectivity index (χ3n) is 2.41. The molecule has 0 aromatic heterocycles. The van der Waals surface area contributed by atoms with Gasteiger partial charge >= 0.3 is 0 Å². The van der Waals surface area contributed by atoms with Crippen LogP contribution in [-0.2, 0) is 20.8 Å². The lowest BCUT2D eigenvalue weighted by Gasteiger charge is -2.11. The first kappa shape index (κ1) is 25.7. The number of thiocarbonyl (C=S) groups is 1. The monoisotopic (exact) mass is 383 g/mol. The highest BCUT2D eigenvalue weighted by atomic mass is 32.2. The number of aldehydes is 3. The molecule has 0 heterocycles. The molecule has 1 rings (SSSR count). The number of hydrogen-bond acceptors (Lipinski definition) is 5. The molecule has 0 amide bonds. The van der Waals surface area contributed by atoms with Crippen molar-refractivity contribution in [1.82, 2.24) is 5.32 Å². The molecule has 0 aliphatic rings. The third kappa shape index (κ3) is 18.6. The molecule has 140 valence electrons. The standard InChI is InChI=1S/C12H15NOS2.C4H6O2.C3H8/c1-2-13-12(15)16-11(9-14)8-10-6-4-3-5-7-10;5-3-1-2-4-6;1-3-2/h3-7,9,11H,2,8H2,1H3,(H,13,15);3-4H,1-2H2;3H2,1-2H3. The molecule has 0 saturated heterocycles. The lowest BCUT2D eigenvalue weighted by molar-refractivity contribution is -0.112. The Labute approximate surface area is 161 Å². The van der Waals surface area contributed by atoms with Crippen LogP contribution in [0.25, 0.3) is 0 Å². The summed E-state index contributed by atoms with van der Waals surface area (Å²) in [5.41, 5.74) is 1.16. The normalized spacial score (nSPS) is 10.0. The van der Waals surface area contributed by atoms with E-state index in [4.69, 9.17) is 12.2 Å². The van der Waals surface area contributed by atoms with Crippen molar-refractivity contribution >= 4 is 47.2 Å². The second kappa shape index (κ2) is 20.5. The summed E-state index contributed by atoms with van der Waals surface area (Å²) in [7, 11) is 0. The average molecular weight is 384 g/mol. The van der Waals surface area contributed by atoms with E-state index < -0.39 is 0 Å². The number of carbonyl (C=O) groups excluding carboxylic acids is 3. The van der Waals surface area contributed by atoms with Gasteiger partial charge in [0.25, 0.3) is 0 Å². The van der Waals surface area contributed by atoms with E-state index in [1.54, 1.807) is 0 Å². The van der Waals surface area contributed by atoms with E-state index in [2.05, 4.69) is 19.2 Å². The molecule has 0 saturated carbocycles. The highest BCUT2D eigenvalue weighted by Gasteiger charge is 2.11. The number of carbonyl (C=O) groups is 3. The second-order valence-corrected chi connectivity index (χ2v) is 6.83. The van der Waals surface area contributed by atoms with Gasteiger partial charge in [-0.1, -0.05) is 74.6 Å². The minimum absolute atomic E-state index is 0.103. The zero-order chi connectivity index (χ0) is 19.3. The summed E-state index contributed by atoms with van der Waals surface area (Å²) >= 11 is 6.52. The minimum Gasteiger partial charge on any atom is -0.371 e. The first-order valence-corrected chi connectivity index (χ1v) is 9.69. The van der Waals surface area contributed by atoms with Gasteiger partial charge in [0.05, 0.1) is 5.25 Å². The van der Waals surface area contributed by atoms with Gasteiger partial charge in [0.15, 0.2) is 0 Å². The maximum Gasteiger partial charge on any atom is 0.134 e. The Morgan fingerprint density at radius 2 is 1.60 bits per heavy atom. The molecular weight excluding hydrogens is 354 g/mol. The summed E-state index contributed by atoms with van der Waals surface area (Å²) in [5.74, 6) is 0. The van der Waals surface area contributed by atoms with Crippen LogP contribution in [0.5, 0.6) is 0 Å². The van der Waals surface area contributed by atoms with E-state index in [-0.39, 0.29) is 5.25 Å². The molecule has 4 nitrogen and oxygen atoms in total. The molecule has 25 heavy (non-hydrogen) atoms. The number of rotatable bonds is 8. The molecule has 1 atom stereocenters. The van der Waals surface area contributed by atoms with Gasteiger partial charge in [-0.3, -0.25) is 0 Å². The lowest BCUT2D eigenvalue weighted by Crippen LogP contribution is -2.22. The van der Waals surface area contributed by atoms with Gasteiger partial charge in [-0.25, -0.2) is 0 Å². The molecule has 1 aromatic carbocycles. The van der Waals surface area contributed by atoms with Crippen LogP contribution in [0, 0.1) is 0 Å². The van der Waals surface area contributed by atoms with Gasteiger partial charge in [-0.15, -0.1) is 0 Å². The molecule has 1 aromatic rings. The van der Waals surface area contributed by atoms with E-state index in [0.717, 1.165) is 37.4 Å². The topological polar surface area (TPSA) is 63.2 Å². The summed E-state index contributed by atoms with van der Waals surface area (Å²) in [4.78, 5) is 29.8. The van der Waals surface area contributed by atoms with Crippen molar-refractivity contribution in [2.24, 2.45) is 0 Å². The Hall–Kier alpha value is -1.53. The van der Waals surface area contributed by atoms with Crippen LogP contribution in [0.15, 0.2) is 30.3 Å². The van der Waals surface area contributed by atoms with Gasteiger partial charge < -0.3 is 19.7 Å². The largest absolute Gasteiger partial charge is 0.371 e. The van der Waals surface area contributed by atoms with Crippen LogP contribution in [0.2, 0.25) is 0 Å². The Balaban J connectivity index is 0. The highest BCUT2D eigenvalue weighted by molar-refractivity contribution is 8.23. The molecule has 6 heteroatoms. The summed E-state index contributed by atoms with van der Waals surface area (Å²) < 4.78 is 0.690.